The third-order valence-electron chi connectivity index (χ3n) is 4.71. The molecule has 2 aromatic rings. The van der Waals surface area contributed by atoms with Gasteiger partial charge in [-0.1, -0.05) is 36.2 Å². The number of carbonyl (C=O) groups excluding carboxylic acids is 1. The number of amides is 1. The third-order valence-corrected chi connectivity index (χ3v) is 5.29. The smallest absolute Gasteiger partial charge is 0.229 e. The van der Waals surface area contributed by atoms with Crippen molar-refractivity contribution >= 4 is 47.5 Å². The van der Waals surface area contributed by atoms with Crippen LogP contribution < -0.4 is 10.6 Å². The van der Waals surface area contributed by atoms with Gasteiger partial charge in [-0.25, -0.2) is 4.68 Å². The minimum absolute atomic E-state index is 0. The van der Waals surface area contributed by atoms with E-state index in [1.807, 2.05) is 13.0 Å². The second-order valence-electron chi connectivity index (χ2n) is 6.77. The van der Waals surface area contributed by atoms with Crippen LogP contribution in [0.1, 0.15) is 37.1 Å². The molecule has 0 radical (unpaired) electrons. The fraction of sp³-hybridized carbons (Fsp3) is 0.500. The average Bonchev–Trinajstić information content (AvgIpc) is 2.98. The maximum atomic E-state index is 12.6. The summed E-state index contributed by atoms with van der Waals surface area (Å²) in [6.07, 6.45) is 2.56. The number of aryl methyl sites for hydroxylation is 1. The number of nitrogens with one attached hydrogen (secondary N) is 2. The maximum absolute atomic E-state index is 12.6. The first-order valence-electron chi connectivity index (χ1n) is 8.80. The van der Waals surface area contributed by atoms with Crippen molar-refractivity contribution in [3.8, 4) is 0 Å². The van der Waals surface area contributed by atoms with Crippen molar-refractivity contribution in [1.82, 2.24) is 20.1 Å². The lowest BCUT2D eigenvalue weighted by molar-refractivity contribution is -0.119. The number of carbonyl (C=O) groups is 1. The monoisotopic (exact) mass is 431 g/mol. The molecule has 1 fully saturated rings. The largest absolute Gasteiger partial charge is 0.317 e. The van der Waals surface area contributed by atoms with Crippen LogP contribution in [0, 0.1) is 5.92 Å². The number of nitrogens with zero attached hydrogens (tertiary/aromatic N) is 3. The molecule has 1 atom stereocenters. The van der Waals surface area contributed by atoms with E-state index in [2.05, 4.69) is 20.7 Å². The fourth-order valence-electron chi connectivity index (χ4n) is 3.11. The predicted octanol–water partition coefficient (Wildman–Crippen LogP) is 3.83. The molecule has 0 saturated carbocycles. The van der Waals surface area contributed by atoms with Crippen molar-refractivity contribution in [3.63, 3.8) is 0 Å². The van der Waals surface area contributed by atoms with E-state index in [0.29, 0.717) is 28.3 Å². The maximum Gasteiger partial charge on any atom is 0.229 e. The van der Waals surface area contributed by atoms with Gasteiger partial charge in [0.05, 0.1) is 0 Å². The van der Waals surface area contributed by atoms with E-state index < -0.39 is 0 Å². The van der Waals surface area contributed by atoms with Gasteiger partial charge in [0, 0.05) is 28.9 Å². The number of anilines is 1. The van der Waals surface area contributed by atoms with E-state index in [0.717, 1.165) is 37.3 Å². The van der Waals surface area contributed by atoms with Crippen LogP contribution in [0.2, 0.25) is 10.0 Å². The molecule has 9 heteroatoms. The lowest BCUT2D eigenvalue weighted by atomic mass is 9.98. The SMILES string of the molecule is CC(Cc1ccc(Cl)cc1Cl)C(=O)Nc1nc(C2CCNCC2)nn1C.Cl. The summed E-state index contributed by atoms with van der Waals surface area (Å²) in [5.41, 5.74) is 0.895. The van der Waals surface area contributed by atoms with Gasteiger partial charge >= 0.3 is 0 Å². The standard InChI is InChI=1S/C18H23Cl2N5O.ClH/c1-11(9-13-3-4-14(19)10-15(13)20)17(26)23-18-22-16(24-25(18)2)12-5-7-21-8-6-12;/h3-4,10-12,21H,5-9H2,1-2H3,(H,22,23,24,26);1H. The molecular weight excluding hydrogens is 409 g/mol. The van der Waals surface area contributed by atoms with Gasteiger partial charge < -0.3 is 5.32 Å². The summed E-state index contributed by atoms with van der Waals surface area (Å²) < 4.78 is 1.64. The van der Waals surface area contributed by atoms with Crippen molar-refractivity contribution in [1.29, 1.82) is 0 Å². The van der Waals surface area contributed by atoms with Gasteiger partial charge in [-0.2, -0.15) is 10.1 Å². The number of piperidine rings is 1. The van der Waals surface area contributed by atoms with E-state index in [1.165, 1.54) is 0 Å². The molecule has 27 heavy (non-hydrogen) atoms. The van der Waals surface area contributed by atoms with Crippen LogP contribution in [0.3, 0.4) is 0 Å². The summed E-state index contributed by atoms with van der Waals surface area (Å²) in [5, 5.41) is 11.9. The summed E-state index contributed by atoms with van der Waals surface area (Å²) in [4.78, 5) is 17.1. The number of hydrogen-bond acceptors (Lipinski definition) is 4. The van der Waals surface area contributed by atoms with Crippen LogP contribution in [-0.2, 0) is 18.3 Å². The van der Waals surface area contributed by atoms with Crippen molar-refractivity contribution in [2.45, 2.75) is 32.1 Å². The highest BCUT2D eigenvalue weighted by Gasteiger charge is 2.22. The van der Waals surface area contributed by atoms with Crippen molar-refractivity contribution in [3.05, 3.63) is 39.6 Å². The summed E-state index contributed by atoms with van der Waals surface area (Å²) in [6.45, 7) is 3.82. The molecule has 6 nitrogen and oxygen atoms in total. The molecule has 3 rings (SSSR count). The van der Waals surface area contributed by atoms with Crippen molar-refractivity contribution < 1.29 is 4.79 Å². The van der Waals surface area contributed by atoms with E-state index in [4.69, 9.17) is 23.2 Å². The topological polar surface area (TPSA) is 71.8 Å². The molecule has 2 N–H and O–H groups in total. The second kappa shape index (κ2) is 9.73. The molecule has 2 heterocycles. The van der Waals surface area contributed by atoms with Gasteiger partial charge in [0.2, 0.25) is 11.9 Å². The number of hydrogen-bond donors (Lipinski definition) is 2. The molecule has 1 saturated heterocycles. The Labute approximate surface area is 175 Å². The van der Waals surface area contributed by atoms with E-state index in [-0.39, 0.29) is 24.2 Å². The van der Waals surface area contributed by atoms with Gasteiger partial charge in [-0.3, -0.25) is 10.1 Å². The van der Waals surface area contributed by atoms with Crippen molar-refractivity contribution in [2.75, 3.05) is 18.4 Å². The van der Waals surface area contributed by atoms with Crippen LogP contribution >= 0.6 is 35.6 Å². The molecule has 148 valence electrons. The molecular formula is C18H24Cl3N5O. The number of benzene rings is 1. The zero-order valence-electron chi connectivity index (χ0n) is 15.3. The highest BCUT2D eigenvalue weighted by Crippen LogP contribution is 2.25. The summed E-state index contributed by atoms with van der Waals surface area (Å²) in [7, 11) is 1.80. The van der Waals surface area contributed by atoms with Gasteiger partial charge in [-0.15, -0.1) is 12.4 Å². The zero-order valence-corrected chi connectivity index (χ0v) is 17.7. The van der Waals surface area contributed by atoms with Gasteiger partial charge in [0.1, 0.15) is 0 Å². The van der Waals surface area contributed by atoms with Crippen LogP contribution in [0.15, 0.2) is 18.2 Å². The fourth-order valence-corrected chi connectivity index (χ4v) is 3.60. The minimum Gasteiger partial charge on any atom is -0.317 e. The predicted molar refractivity (Wildman–Crippen MR) is 111 cm³/mol. The summed E-state index contributed by atoms with van der Waals surface area (Å²) in [5.74, 6) is 1.27. The summed E-state index contributed by atoms with van der Waals surface area (Å²) in [6, 6.07) is 5.32. The highest BCUT2D eigenvalue weighted by atomic mass is 35.5. The Morgan fingerprint density at radius 1 is 1.37 bits per heavy atom. The zero-order chi connectivity index (χ0) is 18.7. The van der Waals surface area contributed by atoms with Gasteiger partial charge in [0.25, 0.3) is 0 Å². The molecule has 0 spiro atoms. The molecule has 1 aliphatic rings. The molecule has 1 amide bonds. The lowest BCUT2D eigenvalue weighted by Gasteiger charge is -2.19. The Bertz CT molecular complexity index is 789. The average molecular weight is 433 g/mol. The lowest BCUT2D eigenvalue weighted by Crippen LogP contribution is -2.27. The minimum atomic E-state index is -0.257. The normalized spacial score (nSPS) is 15.9. The van der Waals surface area contributed by atoms with E-state index in [1.54, 1.807) is 23.9 Å². The number of aromatic nitrogens is 3. The van der Waals surface area contributed by atoms with Crippen LogP contribution in [0.25, 0.3) is 0 Å². The second-order valence-corrected chi connectivity index (χ2v) is 7.62. The Balaban J connectivity index is 0.00000261. The third kappa shape index (κ3) is 5.57. The van der Waals surface area contributed by atoms with E-state index >= 15 is 0 Å². The first-order chi connectivity index (χ1) is 12.4. The molecule has 1 unspecified atom stereocenters. The van der Waals surface area contributed by atoms with E-state index in [9.17, 15) is 4.79 Å². The Morgan fingerprint density at radius 3 is 2.74 bits per heavy atom. The Kier molecular flexibility index (Phi) is 7.91. The van der Waals surface area contributed by atoms with Gasteiger partial charge in [0.15, 0.2) is 5.82 Å². The highest BCUT2D eigenvalue weighted by molar-refractivity contribution is 6.35. The number of rotatable bonds is 5. The molecule has 1 aromatic heterocycles. The van der Waals surface area contributed by atoms with Crippen LogP contribution in [-0.4, -0.2) is 33.8 Å². The Hall–Kier alpha value is -1.34. The quantitative estimate of drug-likeness (QED) is 0.753. The van der Waals surface area contributed by atoms with Crippen molar-refractivity contribution in [2.24, 2.45) is 13.0 Å². The Morgan fingerprint density at radius 2 is 2.07 bits per heavy atom. The molecule has 0 bridgehead atoms. The summed E-state index contributed by atoms with van der Waals surface area (Å²) >= 11 is 12.1. The van der Waals surface area contributed by atoms with Crippen LogP contribution in [0.4, 0.5) is 5.95 Å². The number of halogens is 3. The van der Waals surface area contributed by atoms with Crippen LogP contribution in [0.5, 0.6) is 0 Å². The molecule has 1 aliphatic heterocycles. The first-order valence-corrected chi connectivity index (χ1v) is 9.56. The van der Waals surface area contributed by atoms with Gasteiger partial charge in [-0.05, 0) is 50.0 Å². The molecule has 0 aliphatic carbocycles. The first kappa shape index (κ1) is 22.0. The molecule has 1 aromatic carbocycles.